The lowest BCUT2D eigenvalue weighted by Gasteiger charge is -2.19. The van der Waals surface area contributed by atoms with Crippen molar-refractivity contribution in [3.8, 4) is 6.07 Å². The zero-order valence-corrected chi connectivity index (χ0v) is 9.83. The third-order valence-corrected chi connectivity index (χ3v) is 3.01. The van der Waals surface area contributed by atoms with E-state index in [1.807, 2.05) is 13.0 Å². The van der Waals surface area contributed by atoms with Crippen molar-refractivity contribution in [2.24, 2.45) is 5.92 Å². The molecule has 2 rings (SSSR count). The third-order valence-electron chi connectivity index (χ3n) is 3.01. The molecule has 1 aromatic heterocycles. The average Bonchev–Trinajstić information content (AvgIpc) is 2.73. The van der Waals surface area contributed by atoms with Crippen LogP contribution >= 0.6 is 0 Å². The Labute approximate surface area is 103 Å². The second-order valence-corrected chi connectivity index (χ2v) is 4.52. The van der Waals surface area contributed by atoms with Gasteiger partial charge in [-0.1, -0.05) is 6.92 Å². The molecule has 0 radical (unpaired) electrons. The number of hydrogen-bond acceptors (Lipinski definition) is 3. The summed E-state index contributed by atoms with van der Waals surface area (Å²) in [5.74, 6) is 0.560. The van der Waals surface area contributed by atoms with Crippen LogP contribution in [0, 0.1) is 17.2 Å². The molecule has 3 nitrogen and oxygen atoms in total. The summed E-state index contributed by atoms with van der Waals surface area (Å²) < 4.78 is 37.8. The molecule has 1 aliphatic rings. The molecule has 1 unspecified atom stereocenters. The first kappa shape index (κ1) is 12.7. The Morgan fingerprint density at radius 2 is 2.17 bits per heavy atom. The molecule has 1 fully saturated rings. The first-order chi connectivity index (χ1) is 8.41. The van der Waals surface area contributed by atoms with E-state index in [2.05, 4.69) is 4.98 Å². The minimum Gasteiger partial charge on any atom is -0.355 e. The number of nitriles is 1. The van der Waals surface area contributed by atoms with E-state index >= 15 is 0 Å². The average molecular weight is 255 g/mol. The van der Waals surface area contributed by atoms with E-state index in [0.29, 0.717) is 19.0 Å². The SMILES string of the molecule is CC1CCN(c2nc(C(F)(F)F)ccc2C#N)C1. The van der Waals surface area contributed by atoms with Gasteiger partial charge in [0, 0.05) is 13.1 Å². The lowest BCUT2D eigenvalue weighted by molar-refractivity contribution is -0.141. The maximum atomic E-state index is 12.6. The summed E-state index contributed by atoms with van der Waals surface area (Å²) in [5, 5.41) is 8.94. The van der Waals surface area contributed by atoms with Gasteiger partial charge in [0.25, 0.3) is 0 Å². The second kappa shape index (κ2) is 4.48. The Hall–Kier alpha value is -1.77. The predicted octanol–water partition coefficient (Wildman–Crippen LogP) is 2.82. The maximum absolute atomic E-state index is 12.6. The van der Waals surface area contributed by atoms with Crippen LogP contribution in [-0.2, 0) is 6.18 Å². The number of aromatic nitrogens is 1. The van der Waals surface area contributed by atoms with Crippen LogP contribution in [-0.4, -0.2) is 18.1 Å². The van der Waals surface area contributed by atoms with Crippen molar-refractivity contribution in [3.05, 3.63) is 23.4 Å². The normalized spacial score (nSPS) is 19.9. The fourth-order valence-electron chi connectivity index (χ4n) is 2.06. The van der Waals surface area contributed by atoms with E-state index in [0.717, 1.165) is 12.5 Å². The minimum absolute atomic E-state index is 0.150. The molecule has 0 saturated carbocycles. The van der Waals surface area contributed by atoms with Crippen molar-refractivity contribution in [1.82, 2.24) is 4.98 Å². The monoisotopic (exact) mass is 255 g/mol. The number of pyridine rings is 1. The number of halogens is 3. The van der Waals surface area contributed by atoms with Crippen molar-refractivity contribution < 1.29 is 13.2 Å². The van der Waals surface area contributed by atoms with E-state index in [4.69, 9.17) is 5.26 Å². The summed E-state index contributed by atoms with van der Waals surface area (Å²) >= 11 is 0. The highest BCUT2D eigenvalue weighted by Crippen LogP contribution is 2.32. The van der Waals surface area contributed by atoms with E-state index < -0.39 is 11.9 Å². The molecule has 0 bridgehead atoms. The van der Waals surface area contributed by atoms with Crippen LogP contribution in [0.2, 0.25) is 0 Å². The van der Waals surface area contributed by atoms with E-state index in [-0.39, 0.29) is 11.4 Å². The highest BCUT2D eigenvalue weighted by Gasteiger charge is 2.34. The van der Waals surface area contributed by atoms with Gasteiger partial charge in [0.15, 0.2) is 0 Å². The van der Waals surface area contributed by atoms with Crippen LogP contribution in [0.15, 0.2) is 12.1 Å². The van der Waals surface area contributed by atoms with Gasteiger partial charge < -0.3 is 4.90 Å². The lowest BCUT2D eigenvalue weighted by Crippen LogP contribution is -2.23. The molecule has 18 heavy (non-hydrogen) atoms. The first-order valence-electron chi connectivity index (χ1n) is 5.65. The Morgan fingerprint density at radius 3 is 2.67 bits per heavy atom. The second-order valence-electron chi connectivity index (χ2n) is 4.52. The molecule has 6 heteroatoms. The number of rotatable bonds is 1. The molecule has 0 N–H and O–H groups in total. The zero-order chi connectivity index (χ0) is 13.3. The molecule has 1 aromatic rings. The quantitative estimate of drug-likeness (QED) is 0.774. The minimum atomic E-state index is -4.48. The van der Waals surface area contributed by atoms with E-state index in [9.17, 15) is 13.2 Å². The molecular formula is C12H12F3N3. The van der Waals surface area contributed by atoms with Crippen molar-refractivity contribution >= 4 is 5.82 Å². The summed E-state index contributed by atoms with van der Waals surface area (Å²) in [5.41, 5.74) is -0.756. The van der Waals surface area contributed by atoms with Crippen LogP contribution in [0.3, 0.4) is 0 Å². The predicted molar refractivity (Wildman–Crippen MR) is 59.9 cm³/mol. The van der Waals surface area contributed by atoms with Gasteiger partial charge in [-0.15, -0.1) is 0 Å². The van der Waals surface area contributed by atoms with Gasteiger partial charge in [0.2, 0.25) is 0 Å². The summed E-state index contributed by atoms with van der Waals surface area (Å²) in [6, 6.07) is 3.93. The van der Waals surface area contributed by atoms with Gasteiger partial charge in [-0.05, 0) is 24.5 Å². The first-order valence-corrected chi connectivity index (χ1v) is 5.65. The largest absolute Gasteiger partial charge is 0.433 e. The standard InChI is InChI=1S/C12H12F3N3/c1-8-4-5-18(7-8)11-9(6-16)2-3-10(17-11)12(13,14)15/h2-3,8H,4-5,7H2,1H3. The van der Waals surface area contributed by atoms with Gasteiger partial charge in [0.05, 0.1) is 5.56 Å². The van der Waals surface area contributed by atoms with Gasteiger partial charge in [-0.25, -0.2) is 4.98 Å². The molecule has 0 aromatic carbocycles. The Balaban J connectivity index is 2.41. The van der Waals surface area contributed by atoms with Crippen molar-refractivity contribution in [2.45, 2.75) is 19.5 Å². The van der Waals surface area contributed by atoms with Crippen LogP contribution in [0.1, 0.15) is 24.6 Å². The molecule has 1 atom stereocenters. The lowest BCUT2D eigenvalue weighted by atomic mass is 10.2. The maximum Gasteiger partial charge on any atom is 0.433 e. The third kappa shape index (κ3) is 2.40. The van der Waals surface area contributed by atoms with Gasteiger partial charge in [0.1, 0.15) is 17.6 Å². The van der Waals surface area contributed by atoms with E-state index in [1.54, 1.807) is 4.90 Å². The summed E-state index contributed by atoms with van der Waals surface area (Å²) in [4.78, 5) is 5.36. The summed E-state index contributed by atoms with van der Waals surface area (Å²) in [6.07, 6.45) is -3.57. The van der Waals surface area contributed by atoms with E-state index in [1.165, 1.54) is 6.07 Å². The number of anilines is 1. The molecular weight excluding hydrogens is 243 g/mol. The van der Waals surface area contributed by atoms with Crippen LogP contribution in [0.25, 0.3) is 0 Å². The van der Waals surface area contributed by atoms with Gasteiger partial charge in [-0.3, -0.25) is 0 Å². The zero-order valence-electron chi connectivity index (χ0n) is 9.83. The number of nitrogens with zero attached hydrogens (tertiary/aromatic N) is 3. The topological polar surface area (TPSA) is 39.9 Å². The fourth-order valence-corrected chi connectivity index (χ4v) is 2.06. The van der Waals surface area contributed by atoms with Gasteiger partial charge in [-0.2, -0.15) is 18.4 Å². The van der Waals surface area contributed by atoms with Gasteiger partial charge >= 0.3 is 6.18 Å². The molecule has 96 valence electrons. The highest BCUT2D eigenvalue weighted by molar-refractivity contribution is 5.55. The molecule has 0 spiro atoms. The smallest absolute Gasteiger partial charge is 0.355 e. The van der Waals surface area contributed by atoms with Crippen molar-refractivity contribution in [2.75, 3.05) is 18.0 Å². The summed E-state index contributed by atoms with van der Waals surface area (Å²) in [6.45, 7) is 3.31. The molecule has 1 saturated heterocycles. The van der Waals surface area contributed by atoms with Crippen LogP contribution < -0.4 is 4.90 Å². The fraction of sp³-hybridized carbons (Fsp3) is 0.500. The molecule has 0 amide bonds. The van der Waals surface area contributed by atoms with Crippen molar-refractivity contribution in [1.29, 1.82) is 5.26 Å². The Kier molecular flexibility index (Phi) is 3.16. The van der Waals surface area contributed by atoms with Crippen LogP contribution in [0.5, 0.6) is 0 Å². The molecule has 1 aliphatic heterocycles. The van der Waals surface area contributed by atoms with Crippen LogP contribution in [0.4, 0.5) is 19.0 Å². The summed E-state index contributed by atoms with van der Waals surface area (Å²) in [7, 11) is 0. The molecule has 2 heterocycles. The number of hydrogen-bond donors (Lipinski definition) is 0. The number of alkyl halides is 3. The van der Waals surface area contributed by atoms with Crippen molar-refractivity contribution in [3.63, 3.8) is 0 Å². The Morgan fingerprint density at radius 1 is 1.44 bits per heavy atom. The molecule has 0 aliphatic carbocycles. The highest BCUT2D eigenvalue weighted by atomic mass is 19.4. The Bertz CT molecular complexity index is 490.